The minimum Gasteiger partial charge on any atom is -0.489 e. The van der Waals surface area contributed by atoms with E-state index in [-0.39, 0.29) is 6.61 Å². The first-order valence-electron chi connectivity index (χ1n) is 4.43. The van der Waals surface area contributed by atoms with Crippen LogP contribution in [0.25, 0.3) is 0 Å². The molecule has 2 rings (SSSR count). The van der Waals surface area contributed by atoms with Crippen molar-refractivity contribution >= 4 is 5.69 Å². The van der Waals surface area contributed by atoms with Crippen molar-refractivity contribution in [2.75, 3.05) is 11.9 Å². The van der Waals surface area contributed by atoms with Crippen molar-refractivity contribution in [1.82, 2.24) is 0 Å². The zero-order valence-electron chi connectivity index (χ0n) is 7.58. The zero-order chi connectivity index (χ0) is 9.26. The fourth-order valence-corrected chi connectivity index (χ4v) is 1.50. The molecule has 2 N–H and O–H groups in total. The number of fused-ring (bicyclic) bond motifs is 1. The van der Waals surface area contributed by atoms with Crippen molar-refractivity contribution in [3.8, 4) is 5.75 Å². The first-order chi connectivity index (χ1) is 6.31. The highest BCUT2D eigenvalue weighted by Crippen LogP contribution is 2.32. The third-order valence-corrected chi connectivity index (χ3v) is 2.16. The summed E-state index contributed by atoms with van der Waals surface area (Å²) in [5.74, 6) is 0.838. The SMILES string of the molecule is CC1COc2cccc(CO)c2N1. The Morgan fingerprint density at radius 3 is 3.23 bits per heavy atom. The van der Waals surface area contributed by atoms with Gasteiger partial charge in [0.2, 0.25) is 0 Å². The molecule has 13 heavy (non-hydrogen) atoms. The first kappa shape index (κ1) is 8.38. The molecule has 0 spiro atoms. The first-order valence-corrected chi connectivity index (χ1v) is 4.43. The quantitative estimate of drug-likeness (QED) is 0.684. The molecule has 0 aliphatic carbocycles. The highest BCUT2D eigenvalue weighted by atomic mass is 16.5. The van der Waals surface area contributed by atoms with Crippen LogP contribution in [0.15, 0.2) is 18.2 Å². The monoisotopic (exact) mass is 179 g/mol. The summed E-state index contributed by atoms with van der Waals surface area (Å²) in [7, 11) is 0. The van der Waals surface area contributed by atoms with Crippen molar-refractivity contribution in [1.29, 1.82) is 0 Å². The minimum absolute atomic E-state index is 0.0479. The van der Waals surface area contributed by atoms with Gasteiger partial charge in [-0.2, -0.15) is 0 Å². The van der Waals surface area contributed by atoms with Crippen LogP contribution in [0.1, 0.15) is 12.5 Å². The summed E-state index contributed by atoms with van der Waals surface area (Å²) in [6.45, 7) is 2.78. The second-order valence-electron chi connectivity index (χ2n) is 3.30. The van der Waals surface area contributed by atoms with E-state index in [1.165, 1.54) is 0 Å². The van der Waals surface area contributed by atoms with Crippen LogP contribution in [-0.4, -0.2) is 17.8 Å². The Kier molecular flexibility index (Phi) is 2.10. The molecule has 0 amide bonds. The molecule has 0 aromatic heterocycles. The largest absolute Gasteiger partial charge is 0.489 e. The predicted molar refractivity (Wildman–Crippen MR) is 50.9 cm³/mol. The second-order valence-corrected chi connectivity index (χ2v) is 3.30. The van der Waals surface area contributed by atoms with Crippen LogP contribution in [0.4, 0.5) is 5.69 Å². The Labute approximate surface area is 77.3 Å². The number of nitrogens with one attached hydrogen (secondary N) is 1. The average molecular weight is 179 g/mol. The van der Waals surface area contributed by atoms with Crippen molar-refractivity contribution in [2.45, 2.75) is 19.6 Å². The number of hydrogen-bond donors (Lipinski definition) is 2. The molecule has 1 atom stereocenters. The van der Waals surface area contributed by atoms with Gasteiger partial charge in [0.15, 0.2) is 0 Å². The summed E-state index contributed by atoms with van der Waals surface area (Å²) in [5.41, 5.74) is 1.83. The topological polar surface area (TPSA) is 41.5 Å². The van der Waals surface area contributed by atoms with E-state index in [1.807, 2.05) is 18.2 Å². The number of para-hydroxylation sites is 1. The molecule has 1 aliphatic heterocycles. The average Bonchev–Trinajstić information content (AvgIpc) is 2.17. The molecular formula is C10H13NO2. The van der Waals surface area contributed by atoms with Crippen LogP contribution in [-0.2, 0) is 6.61 Å². The fourth-order valence-electron chi connectivity index (χ4n) is 1.50. The molecule has 0 bridgehead atoms. The maximum absolute atomic E-state index is 9.08. The van der Waals surface area contributed by atoms with Crippen LogP contribution in [0.3, 0.4) is 0 Å². The normalized spacial score (nSPS) is 20.0. The molecule has 1 aromatic carbocycles. The predicted octanol–water partition coefficient (Wildman–Crippen LogP) is 1.37. The van der Waals surface area contributed by atoms with E-state index in [0.29, 0.717) is 12.6 Å². The lowest BCUT2D eigenvalue weighted by Crippen LogP contribution is -2.28. The molecule has 1 aliphatic rings. The Balaban J connectivity index is 2.41. The number of aliphatic hydroxyl groups excluding tert-OH is 1. The number of rotatable bonds is 1. The molecule has 1 heterocycles. The number of benzene rings is 1. The summed E-state index contributed by atoms with van der Waals surface area (Å²) >= 11 is 0. The van der Waals surface area contributed by atoms with Gasteiger partial charge in [0.1, 0.15) is 12.4 Å². The molecular weight excluding hydrogens is 166 g/mol. The van der Waals surface area contributed by atoms with E-state index < -0.39 is 0 Å². The van der Waals surface area contributed by atoms with Gasteiger partial charge in [0.05, 0.1) is 18.3 Å². The van der Waals surface area contributed by atoms with Gasteiger partial charge in [0.25, 0.3) is 0 Å². The standard InChI is InChI=1S/C10H13NO2/c1-7-6-13-9-4-2-3-8(5-12)10(9)11-7/h2-4,7,11-12H,5-6H2,1H3. The Hall–Kier alpha value is -1.22. The van der Waals surface area contributed by atoms with E-state index in [4.69, 9.17) is 9.84 Å². The highest BCUT2D eigenvalue weighted by molar-refractivity contribution is 5.63. The van der Waals surface area contributed by atoms with Gasteiger partial charge in [-0.05, 0) is 13.0 Å². The van der Waals surface area contributed by atoms with Crippen LogP contribution in [0.5, 0.6) is 5.75 Å². The molecule has 3 nitrogen and oxygen atoms in total. The third kappa shape index (κ3) is 1.47. The van der Waals surface area contributed by atoms with Gasteiger partial charge in [0, 0.05) is 5.56 Å². The summed E-state index contributed by atoms with van der Waals surface area (Å²) in [4.78, 5) is 0. The maximum atomic E-state index is 9.08. The minimum atomic E-state index is 0.0479. The van der Waals surface area contributed by atoms with E-state index in [2.05, 4.69) is 12.2 Å². The molecule has 70 valence electrons. The summed E-state index contributed by atoms with van der Waals surface area (Å²) in [5, 5.41) is 12.4. The lowest BCUT2D eigenvalue weighted by atomic mass is 10.1. The number of ether oxygens (including phenoxy) is 1. The number of anilines is 1. The van der Waals surface area contributed by atoms with E-state index >= 15 is 0 Å². The summed E-state index contributed by atoms with van der Waals surface area (Å²) in [6.07, 6.45) is 0. The molecule has 1 aromatic rings. The van der Waals surface area contributed by atoms with Crippen LogP contribution >= 0.6 is 0 Å². The van der Waals surface area contributed by atoms with Crippen molar-refractivity contribution < 1.29 is 9.84 Å². The summed E-state index contributed by atoms with van der Waals surface area (Å²) in [6, 6.07) is 6.00. The van der Waals surface area contributed by atoms with Gasteiger partial charge >= 0.3 is 0 Å². The zero-order valence-corrected chi connectivity index (χ0v) is 7.58. The fraction of sp³-hybridized carbons (Fsp3) is 0.400. The van der Waals surface area contributed by atoms with Gasteiger partial charge in [-0.25, -0.2) is 0 Å². The van der Waals surface area contributed by atoms with Gasteiger partial charge in [-0.15, -0.1) is 0 Å². The smallest absolute Gasteiger partial charge is 0.142 e. The molecule has 0 radical (unpaired) electrons. The lowest BCUT2D eigenvalue weighted by Gasteiger charge is -2.26. The Morgan fingerprint density at radius 2 is 2.46 bits per heavy atom. The van der Waals surface area contributed by atoms with Crippen molar-refractivity contribution in [2.24, 2.45) is 0 Å². The maximum Gasteiger partial charge on any atom is 0.142 e. The Morgan fingerprint density at radius 1 is 1.62 bits per heavy atom. The summed E-state index contributed by atoms with van der Waals surface area (Å²) < 4.78 is 5.50. The lowest BCUT2D eigenvalue weighted by molar-refractivity contribution is 0.273. The van der Waals surface area contributed by atoms with E-state index in [0.717, 1.165) is 17.0 Å². The van der Waals surface area contributed by atoms with Crippen molar-refractivity contribution in [3.63, 3.8) is 0 Å². The second kappa shape index (κ2) is 3.26. The Bertz CT molecular complexity index is 298. The van der Waals surface area contributed by atoms with Crippen molar-refractivity contribution in [3.05, 3.63) is 23.8 Å². The van der Waals surface area contributed by atoms with E-state index in [1.54, 1.807) is 0 Å². The van der Waals surface area contributed by atoms with Gasteiger partial charge in [-0.1, -0.05) is 12.1 Å². The van der Waals surface area contributed by atoms with Crippen LogP contribution in [0, 0.1) is 0 Å². The van der Waals surface area contributed by atoms with Crippen LogP contribution in [0.2, 0.25) is 0 Å². The number of aliphatic hydroxyl groups is 1. The molecule has 1 unspecified atom stereocenters. The van der Waals surface area contributed by atoms with E-state index in [9.17, 15) is 0 Å². The third-order valence-electron chi connectivity index (χ3n) is 2.16. The molecule has 0 fully saturated rings. The molecule has 3 heteroatoms. The highest BCUT2D eigenvalue weighted by Gasteiger charge is 2.17. The van der Waals surface area contributed by atoms with Gasteiger partial charge in [-0.3, -0.25) is 0 Å². The van der Waals surface area contributed by atoms with Crippen LogP contribution < -0.4 is 10.1 Å². The van der Waals surface area contributed by atoms with Gasteiger partial charge < -0.3 is 15.2 Å². The number of hydrogen-bond acceptors (Lipinski definition) is 3. The molecule has 0 saturated carbocycles. The molecule has 0 saturated heterocycles.